The summed E-state index contributed by atoms with van der Waals surface area (Å²) in [6.45, 7) is 2.60. The minimum atomic E-state index is -0.517. The van der Waals surface area contributed by atoms with E-state index in [2.05, 4.69) is 15.3 Å². The molecule has 2 heterocycles. The molecule has 1 aliphatic heterocycles. The highest BCUT2D eigenvalue weighted by atomic mass is 16.2. The molecule has 1 saturated heterocycles. The zero-order chi connectivity index (χ0) is 16.9. The predicted molar refractivity (Wildman–Crippen MR) is 90.7 cm³/mol. The van der Waals surface area contributed by atoms with Crippen LogP contribution in [0.2, 0.25) is 0 Å². The highest BCUT2D eigenvalue weighted by Gasteiger charge is 2.31. The van der Waals surface area contributed by atoms with Gasteiger partial charge in [0.15, 0.2) is 0 Å². The van der Waals surface area contributed by atoms with E-state index in [0.29, 0.717) is 30.6 Å². The average Bonchev–Trinajstić information content (AvgIpc) is 2.64. The van der Waals surface area contributed by atoms with E-state index in [-0.39, 0.29) is 11.8 Å². The highest BCUT2D eigenvalue weighted by Crippen LogP contribution is 2.21. The van der Waals surface area contributed by atoms with Gasteiger partial charge in [0, 0.05) is 18.4 Å². The third kappa shape index (κ3) is 3.27. The number of para-hydroxylation sites is 1. The Morgan fingerprint density at radius 3 is 2.88 bits per heavy atom. The van der Waals surface area contributed by atoms with Crippen LogP contribution in [0.15, 0.2) is 42.9 Å². The molecule has 1 aromatic carbocycles. The van der Waals surface area contributed by atoms with Gasteiger partial charge in [-0.25, -0.2) is 9.97 Å². The molecule has 1 N–H and O–H groups in total. The molecule has 6 heteroatoms. The molecular weight excluding hydrogens is 304 g/mol. The van der Waals surface area contributed by atoms with Crippen LogP contribution in [0.3, 0.4) is 0 Å². The molecule has 24 heavy (non-hydrogen) atoms. The van der Waals surface area contributed by atoms with Gasteiger partial charge in [-0.2, -0.15) is 0 Å². The second-order valence-corrected chi connectivity index (χ2v) is 5.73. The summed E-state index contributed by atoms with van der Waals surface area (Å²) < 4.78 is 0. The molecule has 1 aromatic heterocycles. The number of nitrogens with zero attached hydrogens (tertiary/aromatic N) is 3. The van der Waals surface area contributed by atoms with E-state index in [0.717, 1.165) is 12.1 Å². The van der Waals surface area contributed by atoms with Gasteiger partial charge in [-0.15, -0.1) is 0 Å². The lowest BCUT2D eigenvalue weighted by Gasteiger charge is -2.32. The lowest BCUT2D eigenvalue weighted by Crippen LogP contribution is -2.52. The summed E-state index contributed by atoms with van der Waals surface area (Å²) in [5, 5.41) is 2.85. The zero-order valence-corrected chi connectivity index (χ0v) is 13.6. The monoisotopic (exact) mass is 324 g/mol. The highest BCUT2D eigenvalue weighted by molar-refractivity contribution is 6.03. The number of rotatable bonds is 4. The topological polar surface area (TPSA) is 75.2 Å². The number of hydrogen-bond acceptors (Lipinski definition) is 4. The average molecular weight is 324 g/mol. The Morgan fingerprint density at radius 2 is 2.12 bits per heavy atom. The minimum absolute atomic E-state index is 0.0734. The fourth-order valence-electron chi connectivity index (χ4n) is 2.94. The second-order valence-electron chi connectivity index (χ2n) is 5.73. The SMILES string of the molecule is CCc1ncncc1C(=O)N[C@@H]1CCCN(c2ccccc2)C1=O. The summed E-state index contributed by atoms with van der Waals surface area (Å²) >= 11 is 0. The van der Waals surface area contributed by atoms with E-state index in [1.54, 1.807) is 4.90 Å². The van der Waals surface area contributed by atoms with Crippen LogP contribution < -0.4 is 10.2 Å². The van der Waals surface area contributed by atoms with Crippen LogP contribution >= 0.6 is 0 Å². The predicted octanol–water partition coefficient (Wildman–Crippen LogP) is 1.96. The maximum Gasteiger partial charge on any atom is 0.255 e. The van der Waals surface area contributed by atoms with Crippen molar-refractivity contribution in [3.8, 4) is 0 Å². The van der Waals surface area contributed by atoms with Gasteiger partial charge in [-0.3, -0.25) is 9.59 Å². The molecule has 2 amide bonds. The van der Waals surface area contributed by atoms with Crippen LogP contribution in [0, 0.1) is 0 Å². The van der Waals surface area contributed by atoms with Gasteiger partial charge < -0.3 is 10.2 Å². The summed E-state index contributed by atoms with van der Waals surface area (Å²) in [5.74, 6) is -0.364. The van der Waals surface area contributed by atoms with Crippen LogP contribution in [-0.4, -0.2) is 34.4 Å². The Bertz CT molecular complexity index is 733. The first-order chi connectivity index (χ1) is 11.7. The van der Waals surface area contributed by atoms with E-state index in [4.69, 9.17) is 0 Å². The van der Waals surface area contributed by atoms with Crippen molar-refractivity contribution in [2.45, 2.75) is 32.2 Å². The zero-order valence-electron chi connectivity index (χ0n) is 13.6. The number of piperidine rings is 1. The van der Waals surface area contributed by atoms with E-state index in [9.17, 15) is 9.59 Å². The fraction of sp³-hybridized carbons (Fsp3) is 0.333. The van der Waals surface area contributed by atoms with Crippen LogP contribution in [0.4, 0.5) is 5.69 Å². The molecule has 3 rings (SSSR count). The van der Waals surface area contributed by atoms with E-state index in [1.165, 1.54) is 12.5 Å². The first-order valence-electron chi connectivity index (χ1n) is 8.17. The summed E-state index contributed by atoms with van der Waals surface area (Å²) in [6, 6.07) is 9.01. The Labute approximate surface area is 140 Å². The number of hydrogen-bond donors (Lipinski definition) is 1. The van der Waals surface area contributed by atoms with Crippen molar-refractivity contribution >= 4 is 17.5 Å². The van der Waals surface area contributed by atoms with Gasteiger partial charge in [0.1, 0.15) is 12.4 Å². The largest absolute Gasteiger partial charge is 0.340 e. The molecule has 0 saturated carbocycles. The smallest absolute Gasteiger partial charge is 0.255 e. The number of benzene rings is 1. The second kappa shape index (κ2) is 7.21. The number of nitrogens with one attached hydrogen (secondary N) is 1. The van der Waals surface area contributed by atoms with Gasteiger partial charge in [0.25, 0.3) is 5.91 Å². The molecule has 0 radical (unpaired) electrons. The lowest BCUT2D eigenvalue weighted by molar-refractivity contribution is -0.121. The van der Waals surface area contributed by atoms with Gasteiger partial charge in [0.05, 0.1) is 11.3 Å². The molecule has 2 aromatic rings. The van der Waals surface area contributed by atoms with Crippen molar-refractivity contribution in [2.24, 2.45) is 0 Å². The van der Waals surface area contributed by atoms with Crippen LogP contribution in [0.5, 0.6) is 0 Å². The summed E-state index contributed by atoms with van der Waals surface area (Å²) in [6.07, 6.45) is 5.06. The van der Waals surface area contributed by atoms with Crippen LogP contribution in [-0.2, 0) is 11.2 Å². The maximum absolute atomic E-state index is 12.7. The van der Waals surface area contributed by atoms with Crippen molar-refractivity contribution in [3.63, 3.8) is 0 Å². The molecular formula is C18H20N4O2. The van der Waals surface area contributed by atoms with Crippen molar-refractivity contribution in [2.75, 3.05) is 11.4 Å². The molecule has 0 bridgehead atoms. The molecule has 0 unspecified atom stereocenters. The molecule has 0 aliphatic carbocycles. The van der Waals surface area contributed by atoms with Crippen molar-refractivity contribution in [3.05, 3.63) is 54.1 Å². The van der Waals surface area contributed by atoms with Crippen molar-refractivity contribution < 1.29 is 9.59 Å². The third-order valence-electron chi connectivity index (χ3n) is 4.19. The van der Waals surface area contributed by atoms with Gasteiger partial charge in [-0.05, 0) is 31.4 Å². The van der Waals surface area contributed by atoms with E-state index < -0.39 is 6.04 Å². The fourth-order valence-corrected chi connectivity index (χ4v) is 2.94. The first kappa shape index (κ1) is 16.1. The molecule has 0 spiro atoms. The minimum Gasteiger partial charge on any atom is -0.340 e. The number of carbonyl (C=O) groups excluding carboxylic acids is 2. The van der Waals surface area contributed by atoms with Crippen LogP contribution in [0.25, 0.3) is 0 Å². The van der Waals surface area contributed by atoms with E-state index in [1.807, 2.05) is 37.3 Å². The number of anilines is 1. The Hall–Kier alpha value is -2.76. The maximum atomic E-state index is 12.7. The summed E-state index contributed by atoms with van der Waals surface area (Å²) in [5.41, 5.74) is 1.98. The van der Waals surface area contributed by atoms with Gasteiger partial charge in [0.2, 0.25) is 5.91 Å². The number of carbonyl (C=O) groups is 2. The van der Waals surface area contributed by atoms with Gasteiger partial charge in [-0.1, -0.05) is 25.1 Å². The van der Waals surface area contributed by atoms with Crippen molar-refractivity contribution in [1.82, 2.24) is 15.3 Å². The third-order valence-corrected chi connectivity index (χ3v) is 4.19. The van der Waals surface area contributed by atoms with E-state index >= 15 is 0 Å². The van der Waals surface area contributed by atoms with Crippen LogP contribution in [0.1, 0.15) is 35.8 Å². The van der Waals surface area contributed by atoms with Crippen molar-refractivity contribution in [1.29, 1.82) is 0 Å². The quantitative estimate of drug-likeness (QED) is 0.933. The molecule has 124 valence electrons. The summed E-state index contributed by atoms with van der Waals surface area (Å²) in [7, 11) is 0. The normalized spacial score (nSPS) is 17.6. The first-order valence-corrected chi connectivity index (χ1v) is 8.17. The Balaban J connectivity index is 1.75. The Morgan fingerprint density at radius 1 is 1.33 bits per heavy atom. The Kier molecular flexibility index (Phi) is 4.84. The summed E-state index contributed by atoms with van der Waals surface area (Å²) in [4.78, 5) is 35.0. The molecule has 1 atom stereocenters. The standard InChI is InChI=1S/C18H20N4O2/c1-2-15-14(11-19-12-20-15)17(23)21-16-9-6-10-22(18(16)24)13-7-4-3-5-8-13/h3-5,7-8,11-12,16H,2,6,9-10H2,1H3,(H,21,23)/t16-/m1/s1. The number of amides is 2. The number of aryl methyl sites for hydroxylation is 1. The molecule has 1 fully saturated rings. The van der Waals surface area contributed by atoms with Gasteiger partial charge >= 0.3 is 0 Å². The molecule has 6 nitrogen and oxygen atoms in total. The number of aromatic nitrogens is 2. The lowest BCUT2D eigenvalue weighted by atomic mass is 10.0. The molecule has 1 aliphatic rings.